The molecular weight excluding hydrogens is 396 g/mol. The quantitative estimate of drug-likeness (QED) is 0.605. The topological polar surface area (TPSA) is 97.4 Å². The average Bonchev–Trinajstić information content (AvgIpc) is 3.30. The van der Waals surface area contributed by atoms with E-state index in [1.54, 1.807) is 6.26 Å². The van der Waals surface area contributed by atoms with Crippen LogP contribution in [0.15, 0.2) is 53.1 Å². The summed E-state index contributed by atoms with van der Waals surface area (Å²) in [5, 5.41) is 27.9. The standard InChI is InChI=1S/C23H32N2O3.CH2O2/c26-18-23(15-19-5-2-1-3-6-19)17-25(13-10-22(23)27)20-8-11-24(12-9-20)16-21-7-4-14-28-21;2-1-3/h1-7,14,20,22,26-27H,8-13,15-18H2;1H,(H,2,3)/t22-,23+;/m0./s1. The van der Waals surface area contributed by atoms with Crippen LogP contribution in [-0.4, -0.2) is 76.5 Å². The highest BCUT2D eigenvalue weighted by Gasteiger charge is 2.44. The van der Waals surface area contributed by atoms with E-state index in [9.17, 15) is 10.2 Å². The van der Waals surface area contributed by atoms with Gasteiger partial charge in [-0.25, -0.2) is 0 Å². The van der Waals surface area contributed by atoms with E-state index in [1.807, 2.05) is 30.3 Å². The molecule has 7 heteroatoms. The first kappa shape index (κ1) is 23.5. The molecule has 1 aromatic heterocycles. The first-order chi connectivity index (χ1) is 15.1. The molecule has 2 atom stereocenters. The van der Waals surface area contributed by atoms with E-state index in [1.165, 1.54) is 5.56 Å². The summed E-state index contributed by atoms with van der Waals surface area (Å²) in [6.45, 7) is 4.47. The Kier molecular flexibility index (Phi) is 8.66. The number of aliphatic hydroxyl groups excluding tert-OH is 2. The number of piperidine rings is 2. The molecule has 3 heterocycles. The van der Waals surface area contributed by atoms with Crippen molar-refractivity contribution < 1.29 is 24.5 Å². The summed E-state index contributed by atoms with van der Waals surface area (Å²) in [6, 6.07) is 14.8. The molecule has 31 heavy (non-hydrogen) atoms. The van der Waals surface area contributed by atoms with Crippen molar-refractivity contribution in [2.24, 2.45) is 5.41 Å². The molecule has 0 spiro atoms. The number of benzene rings is 1. The van der Waals surface area contributed by atoms with E-state index in [0.29, 0.717) is 6.04 Å². The number of aliphatic hydroxyl groups is 2. The van der Waals surface area contributed by atoms with Crippen molar-refractivity contribution in [3.05, 3.63) is 60.1 Å². The summed E-state index contributed by atoms with van der Waals surface area (Å²) in [5.74, 6) is 1.03. The molecule has 0 bridgehead atoms. The third-order valence-corrected chi connectivity index (χ3v) is 6.66. The van der Waals surface area contributed by atoms with Crippen LogP contribution in [0.1, 0.15) is 30.6 Å². The van der Waals surface area contributed by atoms with E-state index in [2.05, 4.69) is 21.9 Å². The zero-order chi connectivity index (χ0) is 22.1. The Morgan fingerprint density at radius 2 is 1.77 bits per heavy atom. The molecule has 2 aliphatic rings. The number of carbonyl (C=O) groups is 1. The van der Waals surface area contributed by atoms with Gasteiger partial charge in [-0.05, 0) is 43.4 Å². The molecule has 0 unspecified atom stereocenters. The number of likely N-dealkylation sites (tertiary alicyclic amines) is 2. The van der Waals surface area contributed by atoms with Crippen LogP contribution >= 0.6 is 0 Å². The Hall–Kier alpha value is -2.19. The fourth-order valence-corrected chi connectivity index (χ4v) is 4.95. The van der Waals surface area contributed by atoms with Crippen LogP contribution in [0.2, 0.25) is 0 Å². The summed E-state index contributed by atoms with van der Waals surface area (Å²) in [4.78, 5) is 13.3. The summed E-state index contributed by atoms with van der Waals surface area (Å²) in [6.07, 6.45) is 5.00. The Balaban J connectivity index is 0.000000858. The van der Waals surface area contributed by atoms with Gasteiger partial charge in [-0.2, -0.15) is 0 Å². The van der Waals surface area contributed by atoms with Crippen molar-refractivity contribution in [2.45, 2.75) is 44.4 Å². The molecular formula is C24H34N2O5. The van der Waals surface area contributed by atoms with Gasteiger partial charge in [0, 0.05) is 37.6 Å². The second-order valence-electron chi connectivity index (χ2n) is 8.65. The highest BCUT2D eigenvalue weighted by atomic mass is 16.3. The van der Waals surface area contributed by atoms with Crippen molar-refractivity contribution in [2.75, 3.05) is 32.8 Å². The van der Waals surface area contributed by atoms with Crippen LogP contribution < -0.4 is 0 Å². The predicted molar refractivity (Wildman–Crippen MR) is 118 cm³/mol. The van der Waals surface area contributed by atoms with Gasteiger partial charge in [0.2, 0.25) is 0 Å². The number of carboxylic acid groups (broad SMARTS) is 1. The Bertz CT molecular complexity index is 762. The van der Waals surface area contributed by atoms with E-state index < -0.39 is 11.5 Å². The van der Waals surface area contributed by atoms with Gasteiger partial charge >= 0.3 is 0 Å². The van der Waals surface area contributed by atoms with Crippen molar-refractivity contribution in [1.29, 1.82) is 0 Å². The van der Waals surface area contributed by atoms with Crippen LogP contribution in [0.4, 0.5) is 0 Å². The maximum Gasteiger partial charge on any atom is 0.290 e. The molecule has 0 aliphatic carbocycles. The number of hydrogen-bond donors (Lipinski definition) is 3. The lowest BCUT2D eigenvalue weighted by Gasteiger charge is -2.49. The van der Waals surface area contributed by atoms with Crippen molar-refractivity contribution in [3.63, 3.8) is 0 Å². The van der Waals surface area contributed by atoms with Gasteiger partial charge in [0.05, 0.1) is 25.5 Å². The Morgan fingerprint density at radius 3 is 2.39 bits per heavy atom. The van der Waals surface area contributed by atoms with Crippen molar-refractivity contribution in [3.8, 4) is 0 Å². The maximum atomic E-state index is 10.8. The smallest absolute Gasteiger partial charge is 0.290 e. The van der Waals surface area contributed by atoms with Crippen LogP contribution in [0, 0.1) is 5.41 Å². The third kappa shape index (κ3) is 6.17. The van der Waals surface area contributed by atoms with Gasteiger partial charge in [0.1, 0.15) is 5.76 Å². The molecule has 2 aliphatic heterocycles. The second kappa shape index (κ2) is 11.4. The van der Waals surface area contributed by atoms with Gasteiger partial charge in [0.25, 0.3) is 6.47 Å². The zero-order valence-corrected chi connectivity index (χ0v) is 18.0. The summed E-state index contributed by atoms with van der Waals surface area (Å²) >= 11 is 0. The monoisotopic (exact) mass is 430 g/mol. The predicted octanol–water partition coefficient (Wildman–Crippen LogP) is 2.23. The lowest BCUT2D eigenvalue weighted by molar-refractivity contribution is -0.122. The lowest BCUT2D eigenvalue weighted by Crippen LogP contribution is -2.58. The lowest BCUT2D eigenvalue weighted by atomic mass is 9.73. The van der Waals surface area contributed by atoms with Gasteiger partial charge in [-0.3, -0.25) is 14.6 Å². The Morgan fingerprint density at radius 1 is 1.06 bits per heavy atom. The van der Waals surface area contributed by atoms with Gasteiger partial charge < -0.3 is 19.7 Å². The minimum absolute atomic E-state index is 0.0247. The van der Waals surface area contributed by atoms with Crippen LogP contribution in [0.5, 0.6) is 0 Å². The van der Waals surface area contributed by atoms with Gasteiger partial charge in [-0.15, -0.1) is 0 Å². The highest BCUT2D eigenvalue weighted by Crippen LogP contribution is 2.36. The Labute approximate surface area is 183 Å². The van der Waals surface area contributed by atoms with E-state index in [-0.39, 0.29) is 13.1 Å². The molecule has 7 nitrogen and oxygen atoms in total. The number of furan rings is 1. The molecule has 2 aromatic rings. The second-order valence-corrected chi connectivity index (χ2v) is 8.65. The summed E-state index contributed by atoms with van der Waals surface area (Å²) in [7, 11) is 0. The molecule has 0 radical (unpaired) electrons. The molecule has 4 rings (SSSR count). The molecule has 1 aromatic carbocycles. The van der Waals surface area contributed by atoms with Gasteiger partial charge in [-0.1, -0.05) is 30.3 Å². The fraction of sp³-hybridized carbons (Fsp3) is 0.542. The molecule has 2 saturated heterocycles. The van der Waals surface area contributed by atoms with E-state index in [4.69, 9.17) is 14.3 Å². The fourth-order valence-electron chi connectivity index (χ4n) is 4.95. The minimum Gasteiger partial charge on any atom is -0.483 e. The highest BCUT2D eigenvalue weighted by molar-refractivity contribution is 5.32. The zero-order valence-electron chi connectivity index (χ0n) is 18.0. The normalized spacial score (nSPS) is 25.5. The number of rotatable bonds is 6. The number of hydrogen-bond acceptors (Lipinski definition) is 6. The average molecular weight is 431 g/mol. The molecule has 0 saturated carbocycles. The SMILES string of the molecule is O=CO.OC[C@@]1(Cc2ccccc2)CN(C2CCN(Cc3ccco3)CC2)CC[C@@H]1O. The minimum atomic E-state index is -0.467. The van der Waals surface area contributed by atoms with E-state index in [0.717, 1.165) is 64.2 Å². The molecule has 170 valence electrons. The maximum absolute atomic E-state index is 10.8. The number of nitrogens with zero attached hydrogens (tertiary/aromatic N) is 2. The molecule has 2 fully saturated rings. The third-order valence-electron chi connectivity index (χ3n) is 6.66. The van der Waals surface area contributed by atoms with Crippen LogP contribution in [0.25, 0.3) is 0 Å². The van der Waals surface area contributed by atoms with Gasteiger partial charge in [0.15, 0.2) is 0 Å². The van der Waals surface area contributed by atoms with Crippen LogP contribution in [-0.2, 0) is 17.8 Å². The van der Waals surface area contributed by atoms with Crippen LogP contribution in [0.3, 0.4) is 0 Å². The first-order valence-electron chi connectivity index (χ1n) is 11.0. The largest absolute Gasteiger partial charge is 0.483 e. The summed E-state index contributed by atoms with van der Waals surface area (Å²) < 4.78 is 5.48. The molecule has 3 N–H and O–H groups in total. The molecule has 0 amide bonds. The summed E-state index contributed by atoms with van der Waals surface area (Å²) in [5.41, 5.74) is 0.718. The van der Waals surface area contributed by atoms with Crippen molar-refractivity contribution >= 4 is 6.47 Å². The first-order valence-corrected chi connectivity index (χ1v) is 11.0. The van der Waals surface area contributed by atoms with E-state index >= 15 is 0 Å². The van der Waals surface area contributed by atoms with Crippen molar-refractivity contribution in [1.82, 2.24) is 9.80 Å².